The van der Waals surface area contributed by atoms with Crippen LogP contribution in [0, 0.1) is 0 Å². The average Bonchev–Trinajstić information content (AvgIpc) is 2.57. The van der Waals surface area contributed by atoms with E-state index in [1.807, 2.05) is 17.0 Å². The number of hydrogen-bond donors (Lipinski definition) is 1. The van der Waals surface area contributed by atoms with E-state index in [-0.39, 0.29) is 12.4 Å². The Labute approximate surface area is 152 Å². The smallest absolute Gasteiger partial charge is 0.222 e. The van der Waals surface area contributed by atoms with Crippen LogP contribution in [-0.4, -0.2) is 43.1 Å². The lowest BCUT2D eigenvalue weighted by molar-refractivity contribution is -0.135. The van der Waals surface area contributed by atoms with Gasteiger partial charge >= 0.3 is 0 Å². The van der Waals surface area contributed by atoms with Crippen LogP contribution in [0.4, 0.5) is 0 Å². The molecule has 0 aliphatic carbocycles. The van der Waals surface area contributed by atoms with Crippen molar-refractivity contribution in [3.63, 3.8) is 0 Å². The van der Waals surface area contributed by atoms with Gasteiger partial charge in [-0.3, -0.25) is 4.79 Å². The lowest BCUT2D eigenvalue weighted by Gasteiger charge is -2.38. The summed E-state index contributed by atoms with van der Waals surface area (Å²) < 4.78 is 5.17. The van der Waals surface area contributed by atoms with E-state index in [1.54, 1.807) is 7.11 Å². The zero-order chi connectivity index (χ0) is 16.7. The molecule has 0 aromatic heterocycles. The molecular weight excluding hydrogens is 324 g/mol. The Morgan fingerprint density at radius 1 is 1.21 bits per heavy atom. The zero-order valence-electron chi connectivity index (χ0n) is 15.1. The first-order chi connectivity index (χ1) is 11.1. The van der Waals surface area contributed by atoms with Gasteiger partial charge in [0.25, 0.3) is 0 Å². The van der Waals surface area contributed by atoms with Gasteiger partial charge in [-0.2, -0.15) is 0 Å². The molecule has 1 N–H and O–H groups in total. The number of methoxy groups -OCH3 is 1. The van der Waals surface area contributed by atoms with Crippen LogP contribution in [0.2, 0.25) is 0 Å². The molecule has 2 unspecified atom stereocenters. The van der Waals surface area contributed by atoms with Gasteiger partial charge in [0.15, 0.2) is 0 Å². The minimum atomic E-state index is 0. The molecule has 0 saturated carbocycles. The van der Waals surface area contributed by atoms with Gasteiger partial charge < -0.3 is 15.0 Å². The van der Waals surface area contributed by atoms with Gasteiger partial charge in [-0.15, -0.1) is 12.4 Å². The molecule has 24 heavy (non-hydrogen) atoms. The van der Waals surface area contributed by atoms with Crippen LogP contribution < -0.4 is 10.1 Å². The van der Waals surface area contributed by atoms with Crippen molar-refractivity contribution >= 4 is 18.3 Å². The average molecular weight is 355 g/mol. The van der Waals surface area contributed by atoms with Crippen molar-refractivity contribution in [2.24, 2.45) is 0 Å². The zero-order valence-corrected chi connectivity index (χ0v) is 15.9. The molecule has 2 rings (SSSR count). The van der Waals surface area contributed by atoms with E-state index in [1.165, 1.54) is 5.56 Å². The van der Waals surface area contributed by atoms with E-state index in [2.05, 4.69) is 31.3 Å². The van der Waals surface area contributed by atoms with Crippen LogP contribution in [0.25, 0.3) is 0 Å². The van der Waals surface area contributed by atoms with Crippen molar-refractivity contribution in [2.75, 3.05) is 20.2 Å². The van der Waals surface area contributed by atoms with Crippen molar-refractivity contribution in [2.45, 2.75) is 58.0 Å². The van der Waals surface area contributed by atoms with Crippen LogP contribution in [0.1, 0.15) is 45.1 Å². The molecule has 1 aliphatic rings. The number of halogens is 1. The Morgan fingerprint density at radius 3 is 2.58 bits per heavy atom. The maximum absolute atomic E-state index is 12.3. The molecule has 4 nitrogen and oxygen atoms in total. The predicted octanol–water partition coefficient (Wildman–Crippen LogP) is 3.43. The number of amides is 1. The van der Waals surface area contributed by atoms with E-state index in [9.17, 15) is 4.79 Å². The normalized spacial score (nSPS) is 20.4. The molecule has 1 amide bonds. The summed E-state index contributed by atoms with van der Waals surface area (Å²) in [7, 11) is 1.69. The lowest BCUT2D eigenvalue weighted by atomic mass is 10.0. The molecule has 1 saturated heterocycles. The molecule has 1 aliphatic heterocycles. The third kappa shape index (κ3) is 5.99. The first-order valence-electron chi connectivity index (χ1n) is 8.77. The molecule has 0 bridgehead atoms. The monoisotopic (exact) mass is 354 g/mol. The highest BCUT2D eigenvalue weighted by Gasteiger charge is 2.27. The van der Waals surface area contributed by atoms with E-state index >= 15 is 0 Å². The highest BCUT2D eigenvalue weighted by molar-refractivity contribution is 5.85. The number of carbonyl (C=O) groups is 1. The fourth-order valence-corrected chi connectivity index (χ4v) is 3.13. The quantitative estimate of drug-likeness (QED) is 0.763. The summed E-state index contributed by atoms with van der Waals surface area (Å²) >= 11 is 0. The molecular formula is C19H31ClN2O2. The van der Waals surface area contributed by atoms with Crippen molar-refractivity contribution in [1.29, 1.82) is 0 Å². The number of piperazine rings is 1. The molecule has 136 valence electrons. The van der Waals surface area contributed by atoms with Crippen LogP contribution in [-0.2, 0) is 11.2 Å². The number of hydrogen-bond acceptors (Lipinski definition) is 3. The Morgan fingerprint density at radius 2 is 1.92 bits per heavy atom. The third-order valence-electron chi connectivity index (χ3n) is 4.87. The molecule has 1 aromatic carbocycles. The van der Waals surface area contributed by atoms with Gasteiger partial charge in [0.1, 0.15) is 5.75 Å². The second-order valence-electron chi connectivity index (χ2n) is 6.48. The van der Waals surface area contributed by atoms with Gasteiger partial charge in [-0.25, -0.2) is 0 Å². The molecule has 5 heteroatoms. The topological polar surface area (TPSA) is 41.6 Å². The largest absolute Gasteiger partial charge is 0.497 e. The minimum absolute atomic E-state index is 0. The second-order valence-corrected chi connectivity index (χ2v) is 6.48. The molecule has 2 atom stereocenters. The van der Waals surface area contributed by atoms with Crippen molar-refractivity contribution in [3.05, 3.63) is 29.8 Å². The van der Waals surface area contributed by atoms with E-state index in [4.69, 9.17) is 4.74 Å². The number of unbranched alkanes of at least 4 members (excludes halogenated alkanes) is 2. The summed E-state index contributed by atoms with van der Waals surface area (Å²) in [6.07, 6.45) is 4.97. The number of carbonyl (C=O) groups excluding carboxylic acids is 1. The van der Waals surface area contributed by atoms with Gasteiger partial charge in [0.2, 0.25) is 5.91 Å². The number of aryl methyl sites for hydroxylation is 1. The molecule has 1 heterocycles. The Kier molecular flexibility index (Phi) is 9.16. The summed E-state index contributed by atoms with van der Waals surface area (Å²) in [6.45, 7) is 6.04. The van der Waals surface area contributed by atoms with Crippen LogP contribution in [0.3, 0.4) is 0 Å². The molecule has 1 fully saturated rings. The highest BCUT2D eigenvalue weighted by Crippen LogP contribution is 2.15. The van der Waals surface area contributed by atoms with E-state index in [0.29, 0.717) is 24.4 Å². The number of nitrogens with zero attached hydrogens (tertiary/aromatic N) is 1. The van der Waals surface area contributed by atoms with E-state index < -0.39 is 0 Å². The van der Waals surface area contributed by atoms with Crippen molar-refractivity contribution in [1.82, 2.24) is 10.2 Å². The van der Waals surface area contributed by atoms with Crippen molar-refractivity contribution in [3.8, 4) is 5.75 Å². The van der Waals surface area contributed by atoms with Crippen LogP contribution >= 0.6 is 12.4 Å². The van der Waals surface area contributed by atoms with Gasteiger partial charge in [-0.1, -0.05) is 18.6 Å². The number of ether oxygens (including phenoxy) is 1. The van der Waals surface area contributed by atoms with Gasteiger partial charge in [0, 0.05) is 31.6 Å². The first-order valence-corrected chi connectivity index (χ1v) is 8.77. The summed E-state index contributed by atoms with van der Waals surface area (Å²) in [6, 6.07) is 8.94. The number of nitrogens with one attached hydrogen (secondary N) is 1. The first kappa shape index (κ1) is 20.8. The van der Waals surface area contributed by atoms with Crippen LogP contribution in [0.15, 0.2) is 24.3 Å². The standard InChI is InChI=1S/C19H30N2O2.ClH/c1-15-16(2)21(14-13-20-15)19(22)8-6-4-5-7-17-9-11-18(23-3)12-10-17;/h9-12,15-16,20H,4-8,13-14H2,1-3H3;1H. The highest BCUT2D eigenvalue weighted by atomic mass is 35.5. The number of rotatable bonds is 7. The number of benzene rings is 1. The lowest BCUT2D eigenvalue weighted by Crippen LogP contribution is -2.57. The molecule has 1 aromatic rings. The van der Waals surface area contributed by atoms with E-state index in [0.717, 1.165) is 44.5 Å². The maximum atomic E-state index is 12.3. The summed E-state index contributed by atoms with van der Waals surface area (Å²) in [5.41, 5.74) is 1.33. The third-order valence-corrected chi connectivity index (χ3v) is 4.87. The molecule has 0 radical (unpaired) electrons. The van der Waals surface area contributed by atoms with Gasteiger partial charge in [0.05, 0.1) is 7.11 Å². The minimum Gasteiger partial charge on any atom is -0.497 e. The summed E-state index contributed by atoms with van der Waals surface area (Å²) in [5, 5.41) is 3.42. The fraction of sp³-hybridized carbons (Fsp3) is 0.632. The van der Waals surface area contributed by atoms with Crippen LogP contribution in [0.5, 0.6) is 5.75 Å². The Hall–Kier alpha value is -1.26. The maximum Gasteiger partial charge on any atom is 0.222 e. The Balaban J connectivity index is 0.00000288. The summed E-state index contributed by atoms with van der Waals surface area (Å²) in [5.74, 6) is 1.22. The summed E-state index contributed by atoms with van der Waals surface area (Å²) in [4.78, 5) is 14.4. The van der Waals surface area contributed by atoms with Gasteiger partial charge in [-0.05, 0) is 50.8 Å². The SMILES string of the molecule is COc1ccc(CCCCCC(=O)N2CCNC(C)C2C)cc1.Cl. The van der Waals surface area contributed by atoms with Crippen molar-refractivity contribution < 1.29 is 9.53 Å². The molecule has 0 spiro atoms. The predicted molar refractivity (Wildman–Crippen MR) is 101 cm³/mol. The second kappa shape index (κ2) is 10.6. The Bertz CT molecular complexity index is 493. The fourth-order valence-electron chi connectivity index (χ4n) is 3.13.